The third kappa shape index (κ3) is 1.89. The summed E-state index contributed by atoms with van der Waals surface area (Å²) in [6, 6.07) is 13.0. The molecule has 0 saturated carbocycles. The van der Waals surface area contributed by atoms with Crippen LogP contribution in [0, 0.1) is 0 Å². The van der Waals surface area contributed by atoms with E-state index >= 15 is 0 Å². The van der Waals surface area contributed by atoms with Crippen LogP contribution in [0.1, 0.15) is 12.0 Å². The lowest BCUT2D eigenvalue weighted by atomic mass is 10.1. The molecule has 82 valence electrons. The molecule has 2 heterocycles. The molecule has 1 aliphatic heterocycles. The molecule has 3 rings (SSSR count). The van der Waals surface area contributed by atoms with Crippen LogP contribution in [-0.2, 0) is 6.54 Å². The van der Waals surface area contributed by atoms with Crippen LogP contribution in [0.15, 0.2) is 42.6 Å². The highest BCUT2D eigenvalue weighted by Gasteiger charge is 2.13. The van der Waals surface area contributed by atoms with E-state index in [1.165, 1.54) is 36.3 Å². The van der Waals surface area contributed by atoms with Gasteiger partial charge in [-0.25, -0.2) is 0 Å². The highest BCUT2D eigenvalue weighted by atomic mass is 15.2. The molecular formula is C14H16N2. The van der Waals surface area contributed by atoms with Crippen molar-refractivity contribution in [2.45, 2.75) is 13.0 Å². The minimum absolute atomic E-state index is 1.09. The van der Waals surface area contributed by atoms with Crippen molar-refractivity contribution in [1.82, 2.24) is 9.88 Å². The molecule has 16 heavy (non-hydrogen) atoms. The number of benzene rings is 1. The third-order valence-corrected chi connectivity index (χ3v) is 3.19. The van der Waals surface area contributed by atoms with Crippen LogP contribution in [0.3, 0.4) is 0 Å². The Hall–Kier alpha value is -1.54. The van der Waals surface area contributed by atoms with Gasteiger partial charge < -0.3 is 4.98 Å². The summed E-state index contributed by atoms with van der Waals surface area (Å²) in [6.45, 7) is 3.61. The van der Waals surface area contributed by atoms with Gasteiger partial charge in [0.25, 0.3) is 0 Å². The number of hydrogen-bond acceptors (Lipinski definition) is 1. The van der Waals surface area contributed by atoms with Gasteiger partial charge in [0.1, 0.15) is 0 Å². The number of aromatic amines is 1. The molecule has 0 atom stereocenters. The van der Waals surface area contributed by atoms with Gasteiger partial charge in [-0.1, -0.05) is 18.2 Å². The summed E-state index contributed by atoms with van der Waals surface area (Å²) in [5.41, 5.74) is 3.89. The van der Waals surface area contributed by atoms with Crippen LogP contribution < -0.4 is 0 Å². The summed E-state index contributed by atoms with van der Waals surface area (Å²) in [6.07, 6.45) is 3.33. The lowest BCUT2D eigenvalue weighted by Gasteiger charge is -2.30. The van der Waals surface area contributed by atoms with Gasteiger partial charge in [0.2, 0.25) is 0 Å². The predicted octanol–water partition coefficient (Wildman–Crippen LogP) is 2.89. The Morgan fingerprint density at radius 2 is 2.06 bits per heavy atom. The van der Waals surface area contributed by atoms with Gasteiger partial charge in [-0.15, -0.1) is 0 Å². The van der Waals surface area contributed by atoms with E-state index in [1.54, 1.807) is 0 Å². The van der Waals surface area contributed by atoms with Crippen molar-refractivity contribution in [3.05, 3.63) is 48.2 Å². The normalized spacial score (nSPS) is 16.0. The number of nitrogens with zero attached hydrogens (tertiary/aromatic N) is 1. The van der Waals surface area contributed by atoms with Gasteiger partial charge in [-0.05, 0) is 48.8 Å². The topological polar surface area (TPSA) is 19.0 Å². The number of nitrogens with one attached hydrogen (secondary N) is 1. The Kier molecular flexibility index (Phi) is 2.50. The van der Waals surface area contributed by atoms with Crippen LogP contribution in [0.5, 0.6) is 0 Å². The van der Waals surface area contributed by atoms with Gasteiger partial charge in [-0.3, -0.25) is 4.90 Å². The molecule has 1 aliphatic rings. The summed E-state index contributed by atoms with van der Waals surface area (Å²) >= 11 is 0. The van der Waals surface area contributed by atoms with E-state index < -0.39 is 0 Å². The van der Waals surface area contributed by atoms with E-state index in [1.807, 2.05) is 12.3 Å². The van der Waals surface area contributed by atoms with Crippen LogP contribution in [0.4, 0.5) is 0 Å². The molecule has 0 unspecified atom stereocenters. The van der Waals surface area contributed by atoms with Crippen molar-refractivity contribution in [3.8, 4) is 11.3 Å². The summed E-state index contributed by atoms with van der Waals surface area (Å²) in [5, 5.41) is 0. The average Bonchev–Trinajstić information content (AvgIpc) is 2.77. The maximum absolute atomic E-state index is 3.25. The van der Waals surface area contributed by atoms with Crippen molar-refractivity contribution in [3.63, 3.8) is 0 Å². The largest absolute Gasteiger partial charge is 0.361 e. The van der Waals surface area contributed by atoms with E-state index in [4.69, 9.17) is 0 Å². The molecule has 1 aromatic carbocycles. The lowest BCUT2D eigenvalue weighted by Crippen LogP contribution is -2.36. The fourth-order valence-corrected chi connectivity index (χ4v) is 2.15. The molecule has 1 fully saturated rings. The zero-order valence-corrected chi connectivity index (χ0v) is 9.32. The molecule has 0 amide bonds. The molecule has 0 radical (unpaired) electrons. The second-order valence-corrected chi connectivity index (χ2v) is 4.41. The van der Waals surface area contributed by atoms with Crippen molar-refractivity contribution in [2.24, 2.45) is 0 Å². The number of rotatable bonds is 3. The predicted molar refractivity (Wildman–Crippen MR) is 66.1 cm³/mol. The van der Waals surface area contributed by atoms with Crippen LogP contribution in [0.25, 0.3) is 11.3 Å². The van der Waals surface area contributed by atoms with Gasteiger partial charge in [0, 0.05) is 18.4 Å². The zero-order chi connectivity index (χ0) is 10.8. The average molecular weight is 212 g/mol. The van der Waals surface area contributed by atoms with Crippen molar-refractivity contribution in [1.29, 1.82) is 0 Å². The van der Waals surface area contributed by atoms with Gasteiger partial charge >= 0.3 is 0 Å². The fraction of sp³-hybridized carbons (Fsp3) is 0.286. The summed E-state index contributed by atoms with van der Waals surface area (Å²) in [5.74, 6) is 0. The first-order valence-electron chi connectivity index (χ1n) is 5.87. The second kappa shape index (κ2) is 4.14. The SMILES string of the molecule is c1cc(CN2CCC2)cc(-c2ccc[nH]2)c1. The van der Waals surface area contributed by atoms with E-state index in [2.05, 4.69) is 40.2 Å². The maximum Gasteiger partial charge on any atom is 0.0453 e. The number of likely N-dealkylation sites (tertiary alicyclic amines) is 1. The number of hydrogen-bond donors (Lipinski definition) is 1. The van der Waals surface area contributed by atoms with Crippen LogP contribution in [-0.4, -0.2) is 23.0 Å². The van der Waals surface area contributed by atoms with E-state index in [0.717, 1.165) is 6.54 Å². The monoisotopic (exact) mass is 212 g/mol. The summed E-state index contributed by atoms with van der Waals surface area (Å²) in [7, 11) is 0. The fourth-order valence-electron chi connectivity index (χ4n) is 2.15. The molecule has 2 aromatic rings. The summed E-state index contributed by atoms with van der Waals surface area (Å²) in [4.78, 5) is 5.73. The van der Waals surface area contributed by atoms with Gasteiger partial charge in [-0.2, -0.15) is 0 Å². The van der Waals surface area contributed by atoms with Gasteiger partial charge in [0.05, 0.1) is 0 Å². The lowest BCUT2D eigenvalue weighted by molar-refractivity contribution is 0.172. The molecule has 2 nitrogen and oxygen atoms in total. The van der Waals surface area contributed by atoms with E-state index in [0.29, 0.717) is 0 Å². The smallest absolute Gasteiger partial charge is 0.0453 e. The highest BCUT2D eigenvalue weighted by Crippen LogP contribution is 2.20. The standard InChI is InChI=1S/C14H16N2/c1-4-12(11-16-8-3-9-16)10-13(5-1)14-6-2-7-15-14/h1-2,4-7,10,15H,3,8-9,11H2. The van der Waals surface area contributed by atoms with E-state index in [9.17, 15) is 0 Å². The second-order valence-electron chi connectivity index (χ2n) is 4.41. The maximum atomic E-state index is 3.25. The van der Waals surface area contributed by atoms with E-state index in [-0.39, 0.29) is 0 Å². The quantitative estimate of drug-likeness (QED) is 0.829. The summed E-state index contributed by atoms with van der Waals surface area (Å²) < 4.78 is 0. The molecule has 1 saturated heterocycles. The molecule has 0 aliphatic carbocycles. The number of aromatic nitrogens is 1. The highest BCUT2D eigenvalue weighted by molar-refractivity contribution is 5.60. The Morgan fingerprint density at radius 3 is 2.75 bits per heavy atom. The van der Waals surface area contributed by atoms with Crippen molar-refractivity contribution >= 4 is 0 Å². The van der Waals surface area contributed by atoms with Crippen LogP contribution in [0.2, 0.25) is 0 Å². The van der Waals surface area contributed by atoms with Crippen molar-refractivity contribution < 1.29 is 0 Å². The van der Waals surface area contributed by atoms with Crippen LogP contribution >= 0.6 is 0 Å². The molecule has 0 spiro atoms. The first kappa shape index (κ1) is 9.67. The minimum atomic E-state index is 1.09. The minimum Gasteiger partial charge on any atom is -0.361 e. The first-order chi connectivity index (χ1) is 7.92. The number of H-pyrrole nitrogens is 1. The molecule has 2 heteroatoms. The molecule has 1 aromatic heterocycles. The Morgan fingerprint density at radius 1 is 1.12 bits per heavy atom. The third-order valence-electron chi connectivity index (χ3n) is 3.19. The zero-order valence-electron chi connectivity index (χ0n) is 9.32. The molecular weight excluding hydrogens is 196 g/mol. The Bertz CT molecular complexity index is 455. The Balaban J connectivity index is 1.82. The molecule has 1 N–H and O–H groups in total. The Labute approximate surface area is 95.9 Å². The van der Waals surface area contributed by atoms with Gasteiger partial charge in [0.15, 0.2) is 0 Å². The van der Waals surface area contributed by atoms with Crippen molar-refractivity contribution in [2.75, 3.05) is 13.1 Å². The molecule has 0 bridgehead atoms. The first-order valence-corrected chi connectivity index (χ1v) is 5.87.